The fourth-order valence-electron chi connectivity index (χ4n) is 8.40. The van der Waals surface area contributed by atoms with Crippen LogP contribution in [0.1, 0.15) is 30.5 Å². The van der Waals surface area contributed by atoms with Crippen molar-refractivity contribution in [2.75, 3.05) is 0 Å². The van der Waals surface area contributed by atoms with Gasteiger partial charge in [-0.2, -0.15) is 0 Å². The van der Waals surface area contributed by atoms with E-state index in [-0.39, 0.29) is 0 Å². The van der Waals surface area contributed by atoms with E-state index in [2.05, 4.69) is 199 Å². The molecule has 8 aromatic carbocycles. The predicted octanol–water partition coefficient (Wildman–Crippen LogP) is 14.0. The highest BCUT2D eigenvalue weighted by molar-refractivity contribution is 6.13. The molecule has 2 aromatic heterocycles. The molecule has 0 saturated heterocycles. The summed E-state index contributed by atoms with van der Waals surface area (Å²) in [6.45, 7) is 8.64. The molecule has 0 unspecified atom stereocenters. The Balaban J connectivity index is 1.08. The van der Waals surface area contributed by atoms with E-state index in [1.165, 1.54) is 43.7 Å². The Kier molecular flexibility index (Phi) is 9.08. The number of benzene rings is 8. The lowest BCUT2D eigenvalue weighted by Crippen LogP contribution is -2.24. The maximum atomic E-state index is 5.15. The quantitative estimate of drug-likeness (QED) is 0.122. The normalized spacial score (nSPS) is 12.3. The predicted molar refractivity (Wildman–Crippen MR) is 250 cm³/mol. The highest BCUT2D eigenvalue weighted by atomic mass is 15.0. The van der Waals surface area contributed by atoms with Gasteiger partial charge in [-0.15, -0.1) is 0 Å². The topological polar surface area (TPSA) is 34.2 Å². The highest BCUT2D eigenvalue weighted by Crippen LogP contribution is 2.38. The van der Waals surface area contributed by atoms with Crippen LogP contribution >= 0.6 is 0 Å². The van der Waals surface area contributed by atoms with Crippen molar-refractivity contribution in [3.05, 3.63) is 229 Å². The van der Waals surface area contributed by atoms with E-state index in [1.54, 1.807) is 0 Å². The molecule has 282 valence electrons. The Morgan fingerprint density at radius 2 is 0.881 bits per heavy atom. The van der Waals surface area contributed by atoms with Gasteiger partial charge in [0.15, 0.2) is 0 Å². The van der Waals surface area contributed by atoms with Gasteiger partial charge in [0, 0.05) is 44.2 Å². The Hall–Kier alpha value is -7.69. The number of rotatable bonds is 8. The lowest BCUT2D eigenvalue weighted by Gasteiger charge is -2.16. The molecule has 0 fully saturated rings. The first-order valence-electron chi connectivity index (χ1n) is 20.1. The fraction of sp³-hybridized carbons (Fsp3) is 0.0364. The van der Waals surface area contributed by atoms with Crippen LogP contribution in [0.5, 0.6) is 0 Å². The van der Waals surface area contributed by atoms with Crippen molar-refractivity contribution in [2.24, 2.45) is 4.99 Å². The van der Waals surface area contributed by atoms with Crippen LogP contribution in [0.15, 0.2) is 217 Å². The van der Waals surface area contributed by atoms with E-state index in [0.29, 0.717) is 5.70 Å². The van der Waals surface area contributed by atoms with Gasteiger partial charge in [0.05, 0.1) is 27.8 Å². The van der Waals surface area contributed by atoms with Crippen molar-refractivity contribution >= 4 is 60.7 Å². The van der Waals surface area contributed by atoms with Crippen LogP contribution in [-0.4, -0.2) is 15.0 Å². The van der Waals surface area contributed by atoms with Crippen LogP contribution in [-0.2, 0) is 0 Å². The molecular formula is C55H42N4. The second-order valence-corrected chi connectivity index (χ2v) is 15.1. The second kappa shape index (κ2) is 15.0. The van der Waals surface area contributed by atoms with Gasteiger partial charge in [0.2, 0.25) is 0 Å². The van der Waals surface area contributed by atoms with Gasteiger partial charge in [-0.25, -0.2) is 4.99 Å². The van der Waals surface area contributed by atoms with E-state index in [1.807, 2.05) is 36.4 Å². The molecule has 1 N–H and O–H groups in total. The number of nitrogens with zero attached hydrogens (tertiary/aromatic N) is 3. The van der Waals surface area contributed by atoms with Crippen molar-refractivity contribution in [3.8, 4) is 22.5 Å². The largest absolute Gasteiger partial charge is 0.343 e. The molecule has 0 spiro atoms. The third kappa shape index (κ3) is 6.51. The molecule has 59 heavy (non-hydrogen) atoms. The number of nitrogens with one attached hydrogen (secondary N) is 1. The van der Waals surface area contributed by atoms with Gasteiger partial charge in [-0.3, -0.25) is 0 Å². The molecule has 0 saturated carbocycles. The number of hydrogen-bond acceptors (Lipinski definition) is 1. The molecule has 0 bridgehead atoms. The third-order valence-corrected chi connectivity index (χ3v) is 11.5. The Morgan fingerprint density at radius 3 is 1.47 bits per heavy atom. The number of aromatic nitrogens is 2. The molecule has 10 aromatic rings. The molecule has 0 aliphatic carbocycles. The minimum atomic E-state index is 0.691. The van der Waals surface area contributed by atoms with Crippen LogP contribution in [0.4, 0.5) is 0 Å². The van der Waals surface area contributed by atoms with E-state index < -0.39 is 0 Å². The van der Waals surface area contributed by atoms with Gasteiger partial charge in [0.25, 0.3) is 0 Å². The van der Waals surface area contributed by atoms with Crippen LogP contribution in [0.2, 0.25) is 0 Å². The number of fused-ring (bicyclic) bond motifs is 6. The number of para-hydroxylation sites is 3. The number of aliphatic imine (C=N–C) groups is 1. The summed E-state index contributed by atoms with van der Waals surface area (Å²) in [5.41, 5.74) is 15.2. The highest BCUT2D eigenvalue weighted by Gasteiger charge is 2.17. The average Bonchev–Trinajstić information content (AvgIpc) is 3.81. The molecule has 0 atom stereocenters. The van der Waals surface area contributed by atoms with Gasteiger partial charge in [-0.1, -0.05) is 146 Å². The van der Waals surface area contributed by atoms with Gasteiger partial charge in [0.1, 0.15) is 5.84 Å². The fourth-order valence-corrected chi connectivity index (χ4v) is 8.40. The van der Waals surface area contributed by atoms with E-state index in [9.17, 15) is 0 Å². The van der Waals surface area contributed by atoms with Gasteiger partial charge in [-0.05, 0) is 102 Å². The SMILES string of the molecule is C=C(N=C(N/C(C)=C(/C)c1ccccc1)c1cccc(-n2c3ccccc3c3cc(-c4ccc5c(c4)c4ccccc4n5-c4ccccc4)ccc32)c1)c1ccccc1. The van der Waals surface area contributed by atoms with E-state index in [0.717, 1.165) is 56.2 Å². The summed E-state index contributed by atoms with van der Waals surface area (Å²) in [7, 11) is 0. The first-order chi connectivity index (χ1) is 29.0. The number of allylic oxidation sites excluding steroid dienone is 2. The molecular weight excluding hydrogens is 717 g/mol. The van der Waals surface area contributed by atoms with E-state index in [4.69, 9.17) is 4.99 Å². The second-order valence-electron chi connectivity index (χ2n) is 15.1. The summed E-state index contributed by atoms with van der Waals surface area (Å²) >= 11 is 0. The minimum Gasteiger partial charge on any atom is -0.343 e. The zero-order valence-corrected chi connectivity index (χ0v) is 33.1. The molecule has 0 amide bonds. The van der Waals surface area contributed by atoms with Crippen LogP contribution in [0.3, 0.4) is 0 Å². The first kappa shape index (κ1) is 35.7. The number of amidine groups is 1. The van der Waals surface area contributed by atoms with Gasteiger partial charge >= 0.3 is 0 Å². The summed E-state index contributed by atoms with van der Waals surface area (Å²) in [5, 5.41) is 8.60. The van der Waals surface area contributed by atoms with Crippen LogP contribution < -0.4 is 5.32 Å². The summed E-state index contributed by atoms with van der Waals surface area (Å²) in [4.78, 5) is 5.15. The van der Waals surface area contributed by atoms with Crippen molar-refractivity contribution in [1.29, 1.82) is 0 Å². The van der Waals surface area contributed by atoms with Crippen molar-refractivity contribution in [2.45, 2.75) is 13.8 Å². The summed E-state index contributed by atoms with van der Waals surface area (Å²) < 4.78 is 4.74. The molecule has 4 heteroatoms. The van der Waals surface area contributed by atoms with Crippen molar-refractivity contribution in [3.63, 3.8) is 0 Å². The maximum Gasteiger partial charge on any atom is 0.138 e. The Labute approximate surface area is 344 Å². The van der Waals surface area contributed by atoms with E-state index >= 15 is 0 Å². The molecule has 10 rings (SSSR count). The van der Waals surface area contributed by atoms with Crippen molar-refractivity contribution in [1.82, 2.24) is 14.5 Å². The summed E-state index contributed by atoms with van der Waals surface area (Å²) in [5.74, 6) is 0.737. The summed E-state index contributed by atoms with van der Waals surface area (Å²) in [6, 6.07) is 71.1. The number of hydrogen-bond donors (Lipinski definition) is 1. The average molecular weight is 759 g/mol. The smallest absolute Gasteiger partial charge is 0.138 e. The Morgan fingerprint density at radius 1 is 0.424 bits per heavy atom. The molecule has 4 nitrogen and oxygen atoms in total. The van der Waals surface area contributed by atoms with Gasteiger partial charge < -0.3 is 14.5 Å². The standard InChI is InChI=1S/C55H42N4/c1-37(40-18-7-4-8-19-40)38(2)56-55(57-39(3)41-20-9-5-10-21-41)44-22-17-25-46(34-44)59-52-29-16-14-27-48(52)50-36-43(31-33-54(50)59)42-30-32-53-49(35-42)47-26-13-15-28-51(47)58(53)45-23-11-6-12-24-45/h4-36H,3H2,1-2H3,(H,56,57)/b38-37-. The Bertz CT molecular complexity index is 3260. The molecule has 2 heterocycles. The third-order valence-electron chi connectivity index (χ3n) is 11.5. The molecule has 0 radical (unpaired) electrons. The first-order valence-corrected chi connectivity index (χ1v) is 20.1. The lowest BCUT2D eigenvalue weighted by molar-refractivity contribution is 1.10. The zero-order valence-electron chi connectivity index (χ0n) is 33.1. The maximum absolute atomic E-state index is 5.15. The zero-order chi connectivity index (χ0) is 39.9. The molecule has 0 aliphatic rings. The summed E-state index contributed by atoms with van der Waals surface area (Å²) in [6.07, 6.45) is 0. The lowest BCUT2D eigenvalue weighted by atomic mass is 10.0. The minimum absolute atomic E-state index is 0.691. The van der Waals surface area contributed by atoms with Crippen LogP contribution in [0.25, 0.3) is 77.4 Å². The molecule has 0 aliphatic heterocycles. The monoisotopic (exact) mass is 758 g/mol. The van der Waals surface area contributed by atoms with Crippen molar-refractivity contribution < 1.29 is 0 Å². The van der Waals surface area contributed by atoms with Crippen LogP contribution in [0, 0.1) is 0 Å².